The predicted molar refractivity (Wildman–Crippen MR) is 119 cm³/mol. The average Bonchev–Trinajstić information content (AvgIpc) is 3.09. The number of carboxylic acid groups (broad SMARTS) is 1. The Hall–Kier alpha value is -2.24. The average molecular weight is 432 g/mol. The van der Waals surface area contributed by atoms with E-state index in [-0.39, 0.29) is 24.2 Å². The van der Waals surface area contributed by atoms with Crippen molar-refractivity contribution in [3.05, 3.63) is 59.7 Å². The highest BCUT2D eigenvalue weighted by Crippen LogP contribution is 2.46. The van der Waals surface area contributed by atoms with Crippen molar-refractivity contribution in [2.45, 2.75) is 37.5 Å². The molecule has 6 heteroatoms. The van der Waals surface area contributed by atoms with Gasteiger partial charge in [0.2, 0.25) is 0 Å². The Labute approximate surface area is 184 Å². The highest BCUT2D eigenvalue weighted by Gasteiger charge is 2.43. The Morgan fingerprint density at radius 3 is 2.63 bits per heavy atom. The van der Waals surface area contributed by atoms with Crippen molar-refractivity contribution in [2.24, 2.45) is 0 Å². The molecule has 1 N–H and O–H groups in total. The molecule has 2 aliphatic rings. The summed E-state index contributed by atoms with van der Waals surface area (Å²) < 4.78 is 12.0. The Morgan fingerprint density at radius 1 is 1.13 bits per heavy atom. The lowest BCUT2D eigenvalue weighted by molar-refractivity contribution is -0.137. The fourth-order valence-electron chi connectivity index (χ4n) is 4.43. The van der Waals surface area contributed by atoms with Crippen LogP contribution in [0.5, 0.6) is 11.5 Å². The van der Waals surface area contributed by atoms with Crippen molar-refractivity contribution in [1.29, 1.82) is 0 Å². The van der Waals surface area contributed by atoms with Crippen LogP contribution in [0.3, 0.4) is 0 Å². The van der Waals surface area contributed by atoms with E-state index in [0.717, 1.165) is 50.3 Å². The third-order valence-corrected chi connectivity index (χ3v) is 6.20. The molecule has 0 aromatic heterocycles. The Morgan fingerprint density at radius 2 is 1.90 bits per heavy atom. The highest BCUT2D eigenvalue weighted by molar-refractivity contribution is 5.85. The second-order valence-corrected chi connectivity index (χ2v) is 8.15. The van der Waals surface area contributed by atoms with E-state index in [1.54, 1.807) is 0 Å². The zero-order valence-electron chi connectivity index (χ0n) is 17.2. The van der Waals surface area contributed by atoms with Gasteiger partial charge in [0, 0.05) is 23.6 Å². The van der Waals surface area contributed by atoms with E-state index in [4.69, 9.17) is 14.6 Å². The second kappa shape index (κ2) is 10.2. The number of rotatable bonds is 8. The first-order valence-electron chi connectivity index (χ1n) is 10.5. The van der Waals surface area contributed by atoms with E-state index in [2.05, 4.69) is 41.3 Å². The highest BCUT2D eigenvalue weighted by atomic mass is 35.5. The first kappa shape index (κ1) is 22.4. The van der Waals surface area contributed by atoms with Gasteiger partial charge in [0.15, 0.2) is 0 Å². The molecule has 0 radical (unpaired) electrons. The maximum Gasteiger partial charge on any atom is 0.304 e. The van der Waals surface area contributed by atoms with Crippen LogP contribution >= 0.6 is 12.4 Å². The Bertz CT molecular complexity index is 834. The monoisotopic (exact) mass is 431 g/mol. The van der Waals surface area contributed by atoms with E-state index < -0.39 is 5.97 Å². The second-order valence-electron chi connectivity index (χ2n) is 8.15. The number of piperidine rings is 1. The molecule has 0 saturated carbocycles. The molecule has 2 aliphatic heterocycles. The molecule has 1 spiro atoms. The van der Waals surface area contributed by atoms with Crippen LogP contribution in [0, 0.1) is 0 Å². The van der Waals surface area contributed by atoms with Gasteiger partial charge in [-0.05, 0) is 50.4 Å². The maximum absolute atomic E-state index is 10.8. The van der Waals surface area contributed by atoms with E-state index in [1.807, 2.05) is 12.1 Å². The lowest BCUT2D eigenvalue weighted by atomic mass is 9.74. The molecule has 4 rings (SSSR count). The van der Waals surface area contributed by atoms with Gasteiger partial charge in [0.05, 0.1) is 19.6 Å². The summed E-state index contributed by atoms with van der Waals surface area (Å²) in [6.07, 6.45) is 4.24. The number of carboxylic acids is 1. The lowest BCUT2D eigenvalue weighted by Gasteiger charge is -2.38. The molecule has 2 aromatic carbocycles. The van der Waals surface area contributed by atoms with Crippen LogP contribution in [0.15, 0.2) is 48.5 Å². The van der Waals surface area contributed by atoms with Crippen molar-refractivity contribution in [3.63, 3.8) is 0 Å². The fraction of sp³-hybridized carbons (Fsp3) is 0.458. The van der Waals surface area contributed by atoms with Gasteiger partial charge in [-0.2, -0.15) is 0 Å². The fourth-order valence-corrected chi connectivity index (χ4v) is 4.43. The minimum Gasteiger partial charge on any atom is -0.493 e. The number of hydrogen-bond donors (Lipinski definition) is 1. The number of aryl methyl sites for hydroxylation is 1. The Kier molecular flexibility index (Phi) is 7.62. The molecule has 0 aliphatic carbocycles. The van der Waals surface area contributed by atoms with Gasteiger partial charge < -0.3 is 19.5 Å². The molecule has 0 unspecified atom stereocenters. The van der Waals surface area contributed by atoms with Crippen molar-refractivity contribution < 1.29 is 19.4 Å². The Balaban J connectivity index is 0.00000256. The van der Waals surface area contributed by atoms with Gasteiger partial charge in [0.1, 0.15) is 11.5 Å². The van der Waals surface area contributed by atoms with Crippen molar-refractivity contribution in [3.8, 4) is 11.5 Å². The molecule has 5 nitrogen and oxygen atoms in total. The molecule has 0 amide bonds. The molecule has 30 heavy (non-hydrogen) atoms. The van der Waals surface area contributed by atoms with Crippen LogP contribution < -0.4 is 9.47 Å². The first-order valence-corrected chi connectivity index (χ1v) is 10.5. The standard InChI is InChI=1S/C24H29NO4.ClH/c26-23(27)10-13-25-14-11-24(12-15-25)18-29-22-17-20(8-9-21(22)24)28-16-4-7-19-5-2-1-3-6-19;/h1-3,5-6,8-9,17H,4,7,10-16,18H2,(H,26,27);1H. The number of hydrogen-bond acceptors (Lipinski definition) is 4. The minimum absolute atomic E-state index is 0. The van der Waals surface area contributed by atoms with Crippen molar-refractivity contribution >= 4 is 18.4 Å². The summed E-state index contributed by atoms with van der Waals surface area (Å²) >= 11 is 0. The maximum atomic E-state index is 10.8. The van der Waals surface area contributed by atoms with E-state index in [9.17, 15) is 4.79 Å². The minimum atomic E-state index is -0.726. The van der Waals surface area contributed by atoms with Crippen molar-refractivity contribution in [1.82, 2.24) is 4.90 Å². The first-order chi connectivity index (χ1) is 14.1. The molecule has 0 atom stereocenters. The number of fused-ring (bicyclic) bond motifs is 2. The van der Waals surface area contributed by atoms with Crippen LogP contribution in [0.2, 0.25) is 0 Å². The summed E-state index contributed by atoms with van der Waals surface area (Å²) in [4.78, 5) is 13.0. The van der Waals surface area contributed by atoms with E-state index in [1.165, 1.54) is 11.1 Å². The molecule has 162 valence electrons. The largest absolute Gasteiger partial charge is 0.493 e. The molecule has 1 fully saturated rings. The van der Waals surface area contributed by atoms with Crippen LogP contribution in [-0.2, 0) is 16.6 Å². The summed E-state index contributed by atoms with van der Waals surface area (Å²) in [5.74, 6) is 1.09. The van der Waals surface area contributed by atoms with Crippen LogP contribution in [0.25, 0.3) is 0 Å². The third kappa shape index (κ3) is 5.27. The summed E-state index contributed by atoms with van der Waals surface area (Å²) in [6.45, 7) is 3.89. The zero-order valence-corrected chi connectivity index (χ0v) is 18.0. The van der Waals surface area contributed by atoms with Gasteiger partial charge in [0.25, 0.3) is 0 Å². The molecular formula is C24H30ClNO4. The lowest BCUT2D eigenvalue weighted by Crippen LogP contribution is -2.44. The van der Waals surface area contributed by atoms with Gasteiger partial charge in [-0.15, -0.1) is 12.4 Å². The van der Waals surface area contributed by atoms with Gasteiger partial charge in [-0.3, -0.25) is 4.79 Å². The van der Waals surface area contributed by atoms with E-state index in [0.29, 0.717) is 19.8 Å². The number of halogens is 1. The number of carbonyl (C=O) groups is 1. The molecule has 0 bridgehead atoms. The summed E-state index contributed by atoms with van der Waals surface area (Å²) in [5, 5.41) is 8.88. The van der Waals surface area contributed by atoms with Gasteiger partial charge in [-0.25, -0.2) is 0 Å². The van der Waals surface area contributed by atoms with Crippen LogP contribution in [0.4, 0.5) is 0 Å². The summed E-state index contributed by atoms with van der Waals surface area (Å²) in [5.41, 5.74) is 2.69. The number of likely N-dealkylation sites (tertiary alicyclic amines) is 1. The zero-order chi connectivity index (χ0) is 20.1. The van der Waals surface area contributed by atoms with Crippen LogP contribution in [-0.4, -0.2) is 48.8 Å². The molecule has 1 saturated heterocycles. The number of benzene rings is 2. The quantitative estimate of drug-likeness (QED) is 0.631. The SMILES string of the molecule is Cl.O=C(O)CCN1CCC2(CC1)COc1cc(OCCCc3ccccc3)ccc12. The molecule has 2 heterocycles. The molecule has 2 aromatic rings. The number of aliphatic carboxylic acids is 1. The number of nitrogens with zero attached hydrogens (tertiary/aromatic N) is 1. The molecular weight excluding hydrogens is 402 g/mol. The number of ether oxygens (including phenoxy) is 2. The summed E-state index contributed by atoms with van der Waals surface area (Å²) in [6, 6.07) is 16.7. The normalized spacial score (nSPS) is 17.1. The predicted octanol–water partition coefficient (Wildman–Crippen LogP) is 4.32. The van der Waals surface area contributed by atoms with Gasteiger partial charge >= 0.3 is 5.97 Å². The summed E-state index contributed by atoms with van der Waals surface area (Å²) in [7, 11) is 0. The topological polar surface area (TPSA) is 59.0 Å². The van der Waals surface area contributed by atoms with Crippen LogP contribution in [0.1, 0.15) is 36.8 Å². The van der Waals surface area contributed by atoms with Gasteiger partial charge in [-0.1, -0.05) is 36.4 Å². The van der Waals surface area contributed by atoms with E-state index >= 15 is 0 Å². The van der Waals surface area contributed by atoms with Crippen molar-refractivity contribution in [2.75, 3.05) is 32.8 Å². The smallest absolute Gasteiger partial charge is 0.304 e. The third-order valence-electron chi connectivity index (χ3n) is 6.20.